The molecular weight excluding hydrogens is 124 g/mol. The maximum Gasteiger partial charge on any atom is 0.0718 e. The smallest absolute Gasteiger partial charge is 0.0718 e. The van der Waals surface area contributed by atoms with Gasteiger partial charge in [-0.05, 0) is 18.2 Å². The van der Waals surface area contributed by atoms with Crippen LogP contribution in [-0.4, -0.2) is 9.97 Å². The molecule has 0 saturated carbocycles. The molecule has 2 aliphatic rings. The summed E-state index contributed by atoms with van der Waals surface area (Å²) in [7, 11) is 0. The summed E-state index contributed by atoms with van der Waals surface area (Å²) in [6, 6.07) is 5.81. The Morgan fingerprint density at radius 3 is 2.70 bits per heavy atom. The molecule has 0 unspecified atom stereocenters. The van der Waals surface area contributed by atoms with E-state index in [0.717, 1.165) is 11.3 Å². The molecule has 2 nitrogen and oxygen atoms in total. The Kier molecular flexibility index (Phi) is 1.10. The Morgan fingerprint density at radius 2 is 1.70 bits per heavy atom. The third-order valence-electron chi connectivity index (χ3n) is 1.42. The first-order chi connectivity index (χ1) is 4.97. The zero-order valence-corrected chi connectivity index (χ0v) is 5.36. The highest BCUT2D eigenvalue weighted by Gasteiger charge is 1.96. The van der Waals surface area contributed by atoms with Gasteiger partial charge in [0.05, 0.1) is 5.69 Å². The van der Waals surface area contributed by atoms with Gasteiger partial charge in [0.1, 0.15) is 0 Å². The Labute approximate surface area is 58.9 Å². The number of hydrogen-bond acceptors (Lipinski definition) is 2. The van der Waals surface area contributed by atoms with E-state index in [1.165, 1.54) is 0 Å². The van der Waals surface area contributed by atoms with Crippen LogP contribution < -0.4 is 0 Å². The second-order valence-corrected chi connectivity index (χ2v) is 2.07. The maximum absolute atomic E-state index is 4.12. The van der Waals surface area contributed by atoms with Gasteiger partial charge in [0.15, 0.2) is 0 Å². The summed E-state index contributed by atoms with van der Waals surface area (Å²) in [5, 5.41) is 0. The third kappa shape index (κ3) is 0.739. The Hall–Kier alpha value is -1.44. The minimum Gasteiger partial charge on any atom is -0.265 e. The van der Waals surface area contributed by atoms with Crippen molar-refractivity contribution in [2.45, 2.75) is 0 Å². The molecule has 2 rings (SSSR count). The average molecular weight is 130 g/mol. The summed E-state index contributed by atoms with van der Waals surface area (Å²) in [6.45, 7) is 0. The van der Waals surface area contributed by atoms with Gasteiger partial charge >= 0.3 is 0 Å². The van der Waals surface area contributed by atoms with Gasteiger partial charge < -0.3 is 0 Å². The quantitative estimate of drug-likeness (QED) is 0.541. The highest BCUT2D eigenvalue weighted by molar-refractivity contribution is 5.59. The highest BCUT2D eigenvalue weighted by Crippen LogP contribution is 2.15. The van der Waals surface area contributed by atoms with E-state index in [1.807, 2.05) is 18.2 Å². The molecule has 0 saturated heterocycles. The van der Waals surface area contributed by atoms with Crippen LogP contribution in [0, 0.1) is 0 Å². The van der Waals surface area contributed by atoms with Gasteiger partial charge in [-0.25, -0.2) is 0 Å². The van der Waals surface area contributed by atoms with Gasteiger partial charge in [-0.15, -0.1) is 0 Å². The molecule has 0 atom stereocenters. The van der Waals surface area contributed by atoms with Gasteiger partial charge in [-0.3, -0.25) is 9.97 Å². The monoisotopic (exact) mass is 130 g/mol. The van der Waals surface area contributed by atoms with Gasteiger partial charge in [-0.2, -0.15) is 0 Å². The summed E-state index contributed by atoms with van der Waals surface area (Å²) in [4.78, 5) is 8.08. The lowest BCUT2D eigenvalue weighted by molar-refractivity contribution is 1.36. The lowest BCUT2D eigenvalue weighted by atomic mass is 10.2. The van der Waals surface area contributed by atoms with E-state index in [4.69, 9.17) is 0 Å². The number of nitrogens with zero attached hydrogens (tertiary/aromatic N) is 2. The second-order valence-electron chi connectivity index (χ2n) is 2.07. The molecule has 0 aromatic rings. The molecule has 10 heavy (non-hydrogen) atoms. The molecule has 2 aliphatic heterocycles. The Bertz CT molecular complexity index is 278. The van der Waals surface area contributed by atoms with Gasteiger partial charge in [0.2, 0.25) is 0 Å². The summed E-state index contributed by atoms with van der Waals surface area (Å²) >= 11 is 0. The lowest BCUT2D eigenvalue weighted by Gasteiger charge is -1.82. The van der Waals surface area contributed by atoms with E-state index in [2.05, 4.69) is 9.97 Å². The average Bonchev–Trinajstić information content (AvgIpc) is 2.28. The van der Waals surface area contributed by atoms with Crippen molar-refractivity contribution >= 4 is 0 Å². The van der Waals surface area contributed by atoms with E-state index in [0.29, 0.717) is 0 Å². The topological polar surface area (TPSA) is 25.8 Å². The predicted octanol–water partition coefficient (Wildman–Crippen LogP) is 1.58. The summed E-state index contributed by atoms with van der Waals surface area (Å²) in [5.74, 6) is 0. The Balaban J connectivity index is 2.74. The van der Waals surface area contributed by atoms with Crippen molar-refractivity contribution in [1.82, 2.24) is 9.97 Å². The minimum absolute atomic E-state index is 0.998. The number of rotatable bonds is 0. The fourth-order valence-electron chi connectivity index (χ4n) is 0.925. The van der Waals surface area contributed by atoms with E-state index < -0.39 is 0 Å². The predicted molar refractivity (Wildman–Crippen MR) is 38.7 cm³/mol. The number of fused-ring (bicyclic) bond motifs is 1. The summed E-state index contributed by atoms with van der Waals surface area (Å²) in [6.07, 6.45) is 5.31. The molecule has 0 amide bonds. The maximum atomic E-state index is 4.12. The van der Waals surface area contributed by atoms with Crippen molar-refractivity contribution in [3.8, 4) is 11.3 Å². The van der Waals surface area contributed by atoms with Crippen LogP contribution in [-0.2, 0) is 0 Å². The van der Waals surface area contributed by atoms with E-state index in [-0.39, 0.29) is 0 Å². The Morgan fingerprint density at radius 1 is 0.900 bits per heavy atom. The van der Waals surface area contributed by atoms with Crippen LogP contribution in [0.2, 0.25) is 0 Å². The van der Waals surface area contributed by atoms with Crippen LogP contribution >= 0.6 is 0 Å². The van der Waals surface area contributed by atoms with Crippen molar-refractivity contribution in [2.75, 3.05) is 0 Å². The van der Waals surface area contributed by atoms with Crippen LogP contribution in [0.1, 0.15) is 0 Å². The summed E-state index contributed by atoms with van der Waals surface area (Å²) in [5.41, 5.74) is 2.13. The second kappa shape index (κ2) is 2.06. The van der Waals surface area contributed by atoms with Crippen LogP contribution in [0.25, 0.3) is 11.3 Å². The normalized spacial score (nSPS) is 10.0. The molecule has 0 fully saturated rings. The molecule has 0 aliphatic carbocycles. The first kappa shape index (κ1) is 5.35. The molecule has 0 aromatic heterocycles. The molecule has 2 heteroatoms. The highest BCUT2D eigenvalue weighted by atomic mass is 14.7. The number of hydrogen-bond donors (Lipinski definition) is 0. The fraction of sp³-hybridized carbons (Fsp3) is 0. The SMILES string of the molecule is c1cc2ccnc-2ccn1. The molecule has 0 aromatic carbocycles. The zero-order chi connectivity index (χ0) is 6.81. The van der Waals surface area contributed by atoms with Crippen molar-refractivity contribution in [3.05, 3.63) is 36.8 Å². The van der Waals surface area contributed by atoms with Crippen LogP contribution in [0.4, 0.5) is 0 Å². The van der Waals surface area contributed by atoms with Gasteiger partial charge in [0, 0.05) is 24.2 Å². The molecular formula is C8H6N2. The molecule has 48 valence electrons. The fourth-order valence-corrected chi connectivity index (χ4v) is 0.925. The molecule has 0 spiro atoms. The molecule has 2 heterocycles. The van der Waals surface area contributed by atoms with Gasteiger partial charge in [0.25, 0.3) is 0 Å². The van der Waals surface area contributed by atoms with Crippen molar-refractivity contribution in [2.24, 2.45) is 0 Å². The van der Waals surface area contributed by atoms with E-state index in [9.17, 15) is 0 Å². The number of aromatic nitrogens is 2. The minimum atomic E-state index is 0.998. The third-order valence-corrected chi connectivity index (χ3v) is 1.42. The van der Waals surface area contributed by atoms with Crippen molar-refractivity contribution in [3.63, 3.8) is 0 Å². The van der Waals surface area contributed by atoms with Crippen molar-refractivity contribution in [1.29, 1.82) is 0 Å². The van der Waals surface area contributed by atoms with Crippen molar-refractivity contribution < 1.29 is 0 Å². The van der Waals surface area contributed by atoms with Crippen LogP contribution in [0.3, 0.4) is 0 Å². The molecule has 0 radical (unpaired) electrons. The van der Waals surface area contributed by atoms with Crippen LogP contribution in [0.15, 0.2) is 36.8 Å². The van der Waals surface area contributed by atoms with E-state index >= 15 is 0 Å². The zero-order valence-electron chi connectivity index (χ0n) is 5.36. The van der Waals surface area contributed by atoms with Gasteiger partial charge in [-0.1, -0.05) is 0 Å². The van der Waals surface area contributed by atoms with E-state index in [1.54, 1.807) is 18.6 Å². The molecule has 0 bridgehead atoms. The van der Waals surface area contributed by atoms with Crippen LogP contribution in [0.5, 0.6) is 0 Å². The standard InChI is InChI=1S/C8H6N2/c1-4-9-5-3-8-7(1)2-6-10-8/h1-6H. The molecule has 0 N–H and O–H groups in total. The first-order valence-electron chi connectivity index (χ1n) is 3.11. The largest absolute Gasteiger partial charge is 0.265 e. The summed E-state index contributed by atoms with van der Waals surface area (Å²) < 4.78 is 0. The first-order valence-corrected chi connectivity index (χ1v) is 3.11. The lowest BCUT2D eigenvalue weighted by Crippen LogP contribution is -1.65.